The average molecular weight is 386 g/mol. The number of thiol groups is 1. The summed E-state index contributed by atoms with van der Waals surface area (Å²) in [6, 6.07) is 0. The molecule has 0 rings (SSSR count). The summed E-state index contributed by atoms with van der Waals surface area (Å²) >= 11 is 4.06. The Hall–Kier alpha value is -0.180. The largest absolute Gasteiger partial charge is 0.334 e. The van der Waals surface area contributed by atoms with Crippen LogP contribution in [0.1, 0.15) is 129 Å². The average Bonchev–Trinajstić information content (AvgIpc) is 2.63. The maximum Gasteiger partial charge on any atom is 0.278 e. The molecule has 0 aliphatic rings. The highest BCUT2D eigenvalue weighted by atomic mass is 32.1. The van der Waals surface area contributed by atoms with Crippen LogP contribution in [0.5, 0.6) is 0 Å². The second-order valence-corrected chi connectivity index (χ2v) is 8.31. The van der Waals surface area contributed by atoms with Crippen molar-refractivity contribution >= 4 is 17.9 Å². The summed E-state index contributed by atoms with van der Waals surface area (Å²) in [5.41, 5.74) is 0. The Labute approximate surface area is 170 Å². The molecule has 0 aromatic rings. The minimum Gasteiger partial charge on any atom is -0.334 e. The van der Waals surface area contributed by atoms with Gasteiger partial charge in [-0.3, -0.25) is 4.79 Å². The number of hydrogen-bond acceptors (Lipinski definition) is 1. The summed E-state index contributed by atoms with van der Waals surface area (Å²) in [6.45, 7) is 6.33. The van der Waals surface area contributed by atoms with Gasteiger partial charge in [-0.1, -0.05) is 129 Å². The minimum atomic E-state index is -0.0378. The van der Waals surface area contributed by atoms with Crippen molar-refractivity contribution in [1.29, 1.82) is 0 Å². The SMILES string of the molecule is CCCCCCCCCCCN(CCCCCCCCCCC)C(=O)S. The maximum atomic E-state index is 11.7. The van der Waals surface area contributed by atoms with Gasteiger partial charge in [-0.05, 0) is 12.8 Å². The smallest absolute Gasteiger partial charge is 0.278 e. The quantitative estimate of drug-likeness (QED) is 0.165. The van der Waals surface area contributed by atoms with Gasteiger partial charge in [-0.15, -0.1) is 0 Å². The fraction of sp³-hybridized carbons (Fsp3) is 0.957. The minimum absolute atomic E-state index is 0.0378. The molecule has 1 amide bonds. The van der Waals surface area contributed by atoms with E-state index in [4.69, 9.17) is 0 Å². The van der Waals surface area contributed by atoms with Crippen LogP contribution in [0.2, 0.25) is 0 Å². The fourth-order valence-corrected chi connectivity index (χ4v) is 3.73. The van der Waals surface area contributed by atoms with Gasteiger partial charge in [0, 0.05) is 13.1 Å². The number of hydrogen-bond donors (Lipinski definition) is 1. The molecular weight excluding hydrogens is 338 g/mol. The zero-order valence-electron chi connectivity index (χ0n) is 17.9. The van der Waals surface area contributed by atoms with Crippen molar-refractivity contribution < 1.29 is 4.79 Å². The lowest BCUT2D eigenvalue weighted by molar-refractivity contribution is 0.220. The molecule has 3 heteroatoms. The van der Waals surface area contributed by atoms with Crippen molar-refractivity contribution in [3.8, 4) is 0 Å². The first-order valence-corrected chi connectivity index (χ1v) is 12.1. The highest BCUT2D eigenvalue weighted by Gasteiger charge is 2.08. The molecule has 0 unspecified atom stereocenters. The summed E-state index contributed by atoms with van der Waals surface area (Å²) in [5, 5.41) is -0.0378. The van der Waals surface area contributed by atoms with Crippen molar-refractivity contribution in [2.24, 2.45) is 0 Å². The number of amides is 1. The van der Waals surface area contributed by atoms with Crippen LogP contribution in [0.4, 0.5) is 4.79 Å². The summed E-state index contributed by atoms with van der Waals surface area (Å²) < 4.78 is 0. The van der Waals surface area contributed by atoms with Crippen molar-refractivity contribution in [3.63, 3.8) is 0 Å². The van der Waals surface area contributed by atoms with Crippen LogP contribution in [0.3, 0.4) is 0 Å². The van der Waals surface area contributed by atoms with Gasteiger partial charge in [0.2, 0.25) is 0 Å². The van der Waals surface area contributed by atoms with Crippen LogP contribution in [0.15, 0.2) is 0 Å². The van der Waals surface area contributed by atoms with E-state index in [1.165, 1.54) is 103 Å². The Morgan fingerprint density at radius 1 is 0.538 bits per heavy atom. The standard InChI is InChI=1S/C23H47NOS/c1-3-5-7-9-11-13-15-17-19-21-24(23(25)26)22-20-18-16-14-12-10-8-6-4-2/h3-22H2,1-2H3,(H,25,26). The van der Waals surface area contributed by atoms with Gasteiger partial charge in [0.1, 0.15) is 0 Å². The molecule has 0 aliphatic heterocycles. The van der Waals surface area contributed by atoms with E-state index in [2.05, 4.69) is 26.5 Å². The number of carbonyl (C=O) groups excluding carboxylic acids is 1. The molecule has 2 nitrogen and oxygen atoms in total. The lowest BCUT2D eigenvalue weighted by atomic mass is 10.1. The normalized spacial score (nSPS) is 11.0. The van der Waals surface area contributed by atoms with Gasteiger partial charge in [0.05, 0.1) is 0 Å². The second kappa shape index (κ2) is 21.1. The number of unbranched alkanes of at least 4 members (excludes halogenated alkanes) is 16. The number of carbonyl (C=O) groups is 1. The van der Waals surface area contributed by atoms with Crippen LogP contribution in [-0.2, 0) is 0 Å². The molecule has 0 heterocycles. The molecule has 0 fully saturated rings. The first-order chi connectivity index (χ1) is 12.7. The van der Waals surface area contributed by atoms with Gasteiger partial charge in [-0.2, -0.15) is 0 Å². The van der Waals surface area contributed by atoms with E-state index in [9.17, 15) is 4.79 Å². The first-order valence-electron chi connectivity index (χ1n) is 11.7. The number of rotatable bonds is 20. The van der Waals surface area contributed by atoms with Crippen molar-refractivity contribution in [3.05, 3.63) is 0 Å². The van der Waals surface area contributed by atoms with E-state index in [0.29, 0.717) is 0 Å². The Morgan fingerprint density at radius 3 is 1.08 bits per heavy atom. The van der Waals surface area contributed by atoms with Crippen LogP contribution in [0, 0.1) is 0 Å². The molecule has 0 saturated heterocycles. The van der Waals surface area contributed by atoms with E-state index in [0.717, 1.165) is 25.9 Å². The third-order valence-corrected chi connectivity index (χ3v) is 5.62. The molecule has 156 valence electrons. The molecule has 0 atom stereocenters. The lowest BCUT2D eigenvalue weighted by Crippen LogP contribution is -2.28. The second-order valence-electron chi connectivity index (χ2n) is 7.93. The topological polar surface area (TPSA) is 20.3 Å². The molecule has 0 aromatic carbocycles. The van der Waals surface area contributed by atoms with E-state index >= 15 is 0 Å². The molecule has 0 spiro atoms. The van der Waals surface area contributed by atoms with E-state index in [-0.39, 0.29) is 5.24 Å². The van der Waals surface area contributed by atoms with Crippen molar-refractivity contribution in [2.75, 3.05) is 13.1 Å². The van der Waals surface area contributed by atoms with E-state index in [1.807, 2.05) is 4.90 Å². The molecule has 0 saturated carbocycles. The van der Waals surface area contributed by atoms with Gasteiger partial charge in [-0.25, -0.2) is 0 Å². The van der Waals surface area contributed by atoms with Crippen LogP contribution < -0.4 is 0 Å². The third kappa shape index (κ3) is 18.6. The molecule has 0 bridgehead atoms. The Balaban J connectivity index is 3.47. The molecular formula is C23H47NOS. The van der Waals surface area contributed by atoms with Crippen molar-refractivity contribution in [2.45, 2.75) is 129 Å². The molecule has 0 aromatic heterocycles. The van der Waals surface area contributed by atoms with Crippen LogP contribution >= 0.6 is 12.6 Å². The highest BCUT2D eigenvalue weighted by Crippen LogP contribution is 2.12. The Morgan fingerprint density at radius 2 is 0.808 bits per heavy atom. The van der Waals surface area contributed by atoms with Gasteiger partial charge in [0.25, 0.3) is 5.24 Å². The third-order valence-electron chi connectivity index (χ3n) is 5.33. The number of nitrogens with zero attached hydrogens (tertiary/aromatic N) is 1. The predicted octanol–water partition coefficient (Wildman–Crippen LogP) is 8.40. The molecule has 0 radical (unpaired) electrons. The monoisotopic (exact) mass is 385 g/mol. The maximum absolute atomic E-state index is 11.7. The molecule has 0 aliphatic carbocycles. The Bertz CT molecular complexity index is 274. The lowest BCUT2D eigenvalue weighted by Gasteiger charge is -2.20. The fourth-order valence-electron chi connectivity index (χ4n) is 3.53. The highest BCUT2D eigenvalue weighted by molar-refractivity contribution is 7.96. The first kappa shape index (κ1) is 25.8. The summed E-state index contributed by atoms with van der Waals surface area (Å²) in [7, 11) is 0. The van der Waals surface area contributed by atoms with Gasteiger partial charge < -0.3 is 4.90 Å². The zero-order valence-corrected chi connectivity index (χ0v) is 18.8. The summed E-state index contributed by atoms with van der Waals surface area (Å²) in [6.07, 6.45) is 23.9. The van der Waals surface area contributed by atoms with E-state index < -0.39 is 0 Å². The molecule has 26 heavy (non-hydrogen) atoms. The predicted molar refractivity (Wildman–Crippen MR) is 120 cm³/mol. The van der Waals surface area contributed by atoms with E-state index in [1.54, 1.807) is 0 Å². The molecule has 0 N–H and O–H groups in total. The van der Waals surface area contributed by atoms with Crippen LogP contribution in [-0.4, -0.2) is 23.2 Å². The van der Waals surface area contributed by atoms with Crippen LogP contribution in [0.25, 0.3) is 0 Å². The summed E-state index contributed by atoms with van der Waals surface area (Å²) in [4.78, 5) is 13.6. The van der Waals surface area contributed by atoms with Crippen molar-refractivity contribution in [1.82, 2.24) is 4.90 Å². The van der Waals surface area contributed by atoms with Gasteiger partial charge in [0.15, 0.2) is 0 Å². The Kier molecular flexibility index (Phi) is 21.0. The van der Waals surface area contributed by atoms with Gasteiger partial charge >= 0.3 is 0 Å². The zero-order chi connectivity index (χ0) is 19.3. The summed E-state index contributed by atoms with van der Waals surface area (Å²) in [5.74, 6) is 0.